The fourth-order valence-corrected chi connectivity index (χ4v) is 1.35. The van der Waals surface area contributed by atoms with Crippen molar-refractivity contribution in [2.24, 2.45) is 5.16 Å². The van der Waals surface area contributed by atoms with E-state index in [1.54, 1.807) is 6.92 Å². The smallest absolute Gasteiger partial charge is 0.364 e. The summed E-state index contributed by atoms with van der Waals surface area (Å²) in [4.78, 5) is 27.7. The van der Waals surface area contributed by atoms with Crippen LogP contribution >= 0.6 is 0 Å². The zero-order valence-corrected chi connectivity index (χ0v) is 10.1. The molecule has 1 aliphatic rings. The molecule has 0 aromatic carbocycles. The Morgan fingerprint density at radius 2 is 2.00 bits per heavy atom. The molecule has 1 fully saturated rings. The lowest BCUT2D eigenvalue weighted by atomic mass is 10.2. The van der Waals surface area contributed by atoms with Gasteiger partial charge in [-0.15, -0.1) is 0 Å². The molecule has 1 rings (SSSR count). The summed E-state index contributed by atoms with van der Waals surface area (Å²) in [6, 6.07) is 0. The van der Waals surface area contributed by atoms with E-state index in [9.17, 15) is 9.59 Å². The molecule has 0 N–H and O–H groups in total. The Bertz CT molecular complexity index is 307. The summed E-state index contributed by atoms with van der Waals surface area (Å²) in [5, 5.41) is 3.60. The van der Waals surface area contributed by atoms with Crippen LogP contribution in [0.25, 0.3) is 0 Å². The molecule has 6 heteroatoms. The Morgan fingerprint density at radius 1 is 1.35 bits per heavy atom. The van der Waals surface area contributed by atoms with E-state index in [2.05, 4.69) is 5.16 Å². The molecular weight excluding hydrogens is 226 g/mol. The SMILES string of the molecule is CCOC(=O)/C(=N/OC1CCOCC1)C(C)=O. The molecule has 0 radical (unpaired) electrons. The van der Waals surface area contributed by atoms with Crippen molar-refractivity contribution < 1.29 is 23.9 Å². The van der Waals surface area contributed by atoms with Crippen molar-refractivity contribution in [2.75, 3.05) is 19.8 Å². The number of hydrogen-bond donors (Lipinski definition) is 0. The molecule has 96 valence electrons. The van der Waals surface area contributed by atoms with E-state index < -0.39 is 11.8 Å². The predicted molar refractivity (Wildman–Crippen MR) is 59.7 cm³/mol. The van der Waals surface area contributed by atoms with Crippen LogP contribution in [0.4, 0.5) is 0 Å². The Kier molecular flexibility index (Phi) is 5.62. The van der Waals surface area contributed by atoms with Gasteiger partial charge in [0.25, 0.3) is 0 Å². The van der Waals surface area contributed by atoms with Crippen LogP contribution in [0.1, 0.15) is 26.7 Å². The van der Waals surface area contributed by atoms with Crippen molar-refractivity contribution in [3.63, 3.8) is 0 Å². The molecule has 0 bridgehead atoms. The third-order valence-corrected chi connectivity index (χ3v) is 2.26. The third-order valence-electron chi connectivity index (χ3n) is 2.26. The van der Waals surface area contributed by atoms with E-state index in [1.807, 2.05) is 0 Å². The first-order chi connectivity index (χ1) is 8.15. The van der Waals surface area contributed by atoms with Gasteiger partial charge in [0.1, 0.15) is 6.10 Å². The van der Waals surface area contributed by atoms with Gasteiger partial charge in [-0.2, -0.15) is 0 Å². The predicted octanol–water partition coefficient (Wildman–Crippen LogP) is 0.690. The van der Waals surface area contributed by atoms with Gasteiger partial charge < -0.3 is 14.3 Å². The van der Waals surface area contributed by atoms with Crippen molar-refractivity contribution >= 4 is 17.5 Å². The molecule has 1 aliphatic heterocycles. The van der Waals surface area contributed by atoms with E-state index in [0.29, 0.717) is 26.1 Å². The summed E-state index contributed by atoms with van der Waals surface area (Å²) in [7, 11) is 0. The van der Waals surface area contributed by atoms with Crippen molar-refractivity contribution in [1.82, 2.24) is 0 Å². The van der Waals surface area contributed by atoms with Gasteiger partial charge in [0.05, 0.1) is 19.8 Å². The average Bonchev–Trinajstić information content (AvgIpc) is 2.30. The van der Waals surface area contributed by atoms with Gasteiger partial charge in [-0.3, -0.25) is 4.79 Å². The van der Waals surface area contributed by atoms with Gasteiger partial charge in [0.15, 0.2) is 5.78 Å². The Hall–Kier alpha value is -1.43. The van der Waals surface area contributed by atoms with Crippen molar-refractivity contribution in [3.05, 3.63) is 0 Å². The third kappa shape index (κ3) is 4.52. The summed E-state index contributed by atoms with van der Waals surface area (Å²) in [6.45, 7) is 4.32. The van der Waals surface area contributed by atoms with E-state index in [-0.39, 0.29) is 18.4 Å². The summed E-state index contributed by atoms with van der Waals surface area (Å²) >= 11 is 0. The molecule has 0 unspecified atom stereocenters. The van der Waals surface area contributed by atoms with Gasteiger partial charge in [0.2, 0.25) is 5.71 Å². The topological polar surface area (TPSA) is 74.2 Å². The minimum atomic E-state index is -0.743. The van der Waals surface area contributed by atoms with Crippen LogP contribution in [0, 0.1) is 0 Å². The number of carbonyl (C=O) groups is 2. The van der Waals surface area contributed by atoms with E-state index >= 15 is 0 Å². The largest absolute Gasteiger partial charge is 0.461 e. The number of esters is 1. The maximum absolute atomic E-state index is 11.4. The van der Waals surface area contributed by atoms with Crippen LogP contribution in [0.5, 0.6) is 0 Å². The molecule has 0 aliphatic carbocycles. The lowest BCUT2D eigenvalue weighted by Crippen LogP contribution is -2.27. The highest BCUT2D eigenvalue weighted by Gasteiger charge is 2.21. The zero-order chi connectivity index (χ0) is 12.7. The normalized spacial score (nSPS) is 17.6. The van der Waals surface area contributed by atoms with Crippen molar-refractivity contribution in [2.45, 2.75) is 32.8 Å². The molecular formula is C11H17NO5. The standard InChI is InChI=1S/C11H17NO5/c1-3-16-11(14)10(8(2)13)12-17-9-4-6-15-7-5-9/h9H,3-7H2,1-2H3/b12-10+. The van der Waals surface area contributed by atoms with Crippen LogP contribution in [0.3, 0.4) is 0 Å². The fraction of sp³-hybridized carbons (Fsp3) is 0.727. The van der Waals surface area contributed by atoms with Crippen LogP contribution in [-0.4, -0.2) is 43.4 Å². The van der Waals surface area contributed by atoms with Crippen LogP contribution in [-0.2, 0) is 23.9 Å². The van der Waals surface area contributed by atoms with E-state index in [4.69, 9.17) is 14.3 Å². The average molecular weight is 243 g/mol. The molecule has 0 amide bonds. The maximum Gasteiger partial charge on any atom is 0.364 e. The Labute approximate surface area is 99.9 Å². The number of ether oxygens (including phenoxy) is 2. The Morgan fingerprint density at radius 3 is 2.53 bits per heavy atom. The molecule has 0 aromatic rings. The molecule has 17 heavy (non-hydrogen) atoms. The summed E-state index contributed by atoms with van der Waals surface area (Å²) in [5.74, 6) is -1.21. The number of ketones is 1. The lowest BCUT2D eigenvalue weighted by molar-refractivity contribution is -0.136. The first-order valence-corrected chi connectivity index (χ1v) is 5.64. The van der Waals surface area contributed by atoms with Gasteiger partial charge in [-0.25, -0.2) is 4.79 Å². The second-order valence-corrected chi connectivity index (χ2v) is 3.63. The van der Waals surface area contributed by atoms with E-state index in [0.717, 1.165) is 0 Å². The second-order valence-electron chi connectivity index (χ2n) is 3.63. The van der Waals surface area contributed by atoms with Crippen LogP contribution in [0.2, 0.25) is 0 Å². The molecule has 0 saturated carbocycles. The molecule has 0 aromatic heterocycles. The lowest BCUT2D eigenvalue weighted by Gasteiger charge is -2.19. The Balaban J connectivity index is 2.56. The van der Waals surface area contributed by atoms with E-state index in [1.165, 1.54) is 6.92 Å². The first kappa shape index (κ1) is 13.6. The van der Waals surface area contributed by atoms with Gasteiger partial charge in [0, 0.05) is 19.8 Å². The minimum absolute atomic E-state index is 0.104. The maximum atomic E-state index is 11.4. The molecule has 1 saturated heterocycles. The number of rotatable bonds is 5. The van der Waals surface area contributed by atoms with Gasteiger partial charge in [-0.05, 0) is 6.92 Å². The number of oxime groups is 1. The number of carbonyl (C=O) groups excluding carboxylic acids is 2. The van der Waals surface area contributed by atoms with Crippen molar-refractivity contribution in [1.29, 1.82) is 0 Å². The first-order valence-electron chi connectivity index (χ1n) is 5.64. The summed E-state index contributed by atoms with van der Waals surface area (Å²) in [5.41, 5.74) is -0.293. The molecule has 0 atom stereocenters. The fourth-order valence-electron chi connectivity index (χ4n) is 1.35. The molecule has 0 spiro atoms. The molecule has 1 heterocycles. The quantitative estimate of drug-likeness (QED) is 0.307. The van der Waals surface area contributed by atoms with Crippen LogP contribution < -0.4 is 0 Å². The highest BCUT2D eigenvalue weighted by molar-refractivity contribution is 6.63. The number of hydrogen-bond acceptors (Lipinski definition) is 6. The van der Waals surface area contributed by atoms with Gasteiger partial charge >= 0.3 is 5.97 Å². The second kappa shape index (κ2) is 7.01. The monoisotopic (exact) mass is 243 g/mol. The summed E-state index contributed by atoms with van der Waals surface area (Å²) in [6.07, 6.45) is 1.31. The summed E-state index contributed by atoms with van der Waals surface area (Å²) < 4.78 is 9.86. The van der Waals surface area contributed by atoms with Crippen LogP contribution in [0.15, 0.2) is 5.16 Å². The highest BCUT2D eigenvalue weighted by Crippen LogP contribution is 2.11. The zero-order valence-electron chi connectivity index (χ0n) is 10.1. The van der Waals surface area contributed by atoms with Gasteiger partial charge in [-0.1, -0.05) is 5.16 Å². The highest BCUT2D eigenvalue weighted by atomic mass is 16.6. The minimum Gasteiger partial charge on any atom is -0.461 e. The number of Topliss-reactive ketones (excluding diaryl/α,β-unsaturated/α-hetero) is 1. The number of nitrogens with zero attached hydrogens (tertiary/aromatic N) is 1. The molecule has 6 nitrogen and oxygen atoms in total. The van der Waals surface area contributed by atoms with Crippen molar-refractivity contribution in [3.8, 4) is 0 Å².